The highest BCUT2D eigenvalue weighted by Crippen LogP contribution is 2.01. The Kier molecular flexibility index (Phi) is 0.855. The van der Waals surface area contributed by atoms with Crippen LogP contribution in [0.5, 0.6) is 0 Å². The van der Waals surface area contributed by atoms with Crippen molar-refractivity contribution in [2.75, 3.05) is 13.1 Å². The molecule has 0 saturated heterocycles. The fraction of sp³-hybridized carbons (Fsp3) is 0.400. The van der Waals surface area contributed by atoms with Gasteiger partial charge in [-0.2, -0.15) is 5.10 Å². The first kappa shape index (κ1) is 4.67. The van der Waals surface area contributed by atoms with Gasteiger partial charge in [-0.25, -0.2) is 10.0 Å². The quantitative estimate of drug-likeness (QED) is 0.436. The Balaban J connectivity index is 2.33. The topological polar surface area (TPSA) is 40.3 Å². The second-order valence-electron chi connectivity index (χ2n) is 1.87. The third-order valence-corrected chi connectivity index (χ3v) is 1.30. The summed E-state index contributed by atoms with van der Waals surface area (Å²) in [6, 6.07) is 0. The average molecular weight is 122 g/mol. The van der Waals surface area contributed by atoms with Crippen LogP contribution in [0, 0.1) is 0 Å². The standard InChI is InChI=1S/C5H6N4/c1-2-9-5(7-1)3-6-4-8-9/h3-4H,1-2H2. The van der Waals surface area contributed by atoms with Crippen molar-refractivity contribution in [3.63, 3.8) is 0 Å². The zero-order valence-electron chi connectivity index (χ0n) is 4.86. The Morgan fingerprint density at radius 1 is 1.56 bits per heavy atom. The van der Waals surface area contributed by atoms with Gasteiger partial charge in [-0.1, -0.05) is 0 Å². The van der Waals surface area contributed by atoms with E-state index in [1.54, 1.807) is 6.21 Å². The van der Waals surface area contributed by atoms with Gasteiger partial charge in [-0.3, -0.25) is 4.99 Å². The molecule has 46 valence electrons. The lowest BCUT2D eigenvalue weighted by Gasteiger charge is -2.11. The van der Waals surface area contributed by atoms with Gasteiger partial charge in [0.25, 0.3) is 0 Å². The minimum Gasteiger partial charge on any atom is -0.264 e. The fourth-order valence-electron chi connectivity index (χ4n) is 0.872. The molecule has 0 radical (unpaired) electrons. The molecular weight excluding hydrogens is 116 g/mol. The molecular formula is C5H6N4. The summed E-state index contributed by atoms with van der Waals surface area (Å²) in [7, 11) is 0. The molecule has 0 amide bonds. The van der Waals surface area contributed by atoms with Crippen molar-refractivity contribution >= 4 is 18.4 Å². The summed E-state index contributed by atoms with van der Waals surface area (Å²) in [5.74, 6) is 0.887. The number of nitrogens with zero attached hydrogens (tertiary/aromatic N) is 4. The third kappa shape index (κ3) is 0.630. The van der Waals surface area contributed by atoms with Gasteiger partial charge in [0.2, 0.25) is 0 Å². The largest absolute Gasteiger partial charge is 0.264 e. The monoisotopic (exact) mass is 122 g/mol. The maximum Gasteiger partial charge on any atom is 0.163 e. The molecule has 2 rings (SSSR count). The van der Waals surface area contributed by atoms with Crippen molar-refractivity contribution in [1.82, 2.24) is 5.01 Å². The van der Waals surface area contributed by atoms with Crippen LogP contribution >= 0.6 is 0 Å². The molecule has 2 heterocycles. The summed E-state index contributed by atoms with van der Waals surface area (Å²) in [6.07, 6.45) is 3.25. The Morgan fingerprint density at radius 3 is 3.44 bits per heavy atom. The number of hydrazone groups is 1. The van der Waals surface area contributed by atoms with E-state index in [0.717, 1.165) is 18.9 Å². The Morgan fingerprint density at radius 2 is 2.56 bits per heavy atom. The maximum atomic E-state index is 4.14. The zero-order chi connectivity index (χ0) is 6.10. The van der Waals surface area contributed by atoms with Crippen LogP contribution in [-0.2, 0) is 0 Å². The van der Waals surface area contributed by atoms with E-state index in [1.165, 1.54) is 6.34 Å². The van der Waals surface area contributed by atoms with Gasteiger partial charge >= 0.3 is 0 Å². The van der Waals surface area contributed by atoms with E-state index in [4.69, 9.17) is 0 Å². The van der Waals surface area contributed by atoms with Crippen LogP contribution in [0.4, 0.5) is 0 Å². The van der Waals surface area contributed by atoms with E-state index in [-0.39, 0.29) is 0 Å². The lowest BCUT2D eigenvalue weighted by molar-refractivity contribution is 0.494. The van der Waals surface area contributed by atoms with Crippen LogP contribution in [0.3, 0.4) is 0 Å². The number of fused-ring (bicyclic) bond motifs is 1. The number of amidine groups is 1. The molecule has 0 fully saturated rings. The van der Waals surface area contributed by atoms with E-state index >= 15 is 0 Å². The Labute approximate surface area is 52.6 Å². The van der Waals surface area contributed by atoms with Crippen molar-refractivity contribution in [3.05, 3.63) is 0 Å². The average Bonchev–Trinajstić information content (AvgIpc) is 2.33. The van der Waals surface area contributed by atoms with Gasteiger partial charge in [0, 0.05) is 0 Å². The fourth-order valence-corrected chi connectivity index (χ4v) is 0.872. The lowest BCUT2D eigenvalue weighted by Crippen LogP contribution is -2.25. The predicted octanol–water partition coefficient (Wildman–Crippen LogP) is -0.272. The van der Waals surface area contributed by atoms with Crippen LogP contribution in [-0.4, -0.2) is 36.5 Å². The van der Waals surface area contributed by atoms with Crippen molar-refractivity contribution in [3.8, 4) is 0 Å². The molecule has 0 aromatic rings. The molecule has 0 aliphatic carbocycles. The summed E-state index contributed by atoms with van der Waals surface area (Å²) < 4.78 is 0. The molecule has 9 heavy (non-hydrogen) atoms. The van der Waals surface area contributed by atoms with E-state index in [1.807, 2.05) is 5.01 Å². The number of hydrogen-bond acceptors (Lipinski definition) is 4. The molecule has 0 spiro atoms. The smallest absolute Gasteiger partial charge is 0.163 e. The minimum atomic E-state index is 0.846. The summed E-state index contributed by atoms with van der Waals surface area (Å²) in [6.45, 7) is 1.75. The predicted molar refractivity (Wildman–Crippen MR) is 36.0 cm³/mol. The number of rotatable bonds is 0. The zero-order valence-corrected chi connectivity index (χ0v) is 4.86. The van der Waals surface area contributed by atoms with Crippen molar-refractivity contribution in [1.29, 1.82) is 0 Å². The highest BCUT2D eigenvalue weighted by molar-refractivity contribution is 6.31. The van der Waals surface area contributed by atoms with Gasteiger partial charge in [0.1, 0.15) is 6.34 Å². The molecule has 0 atom stereocenters. The van der Waals surface area contributed by atoms with E-state index in [2.05, 4.69) is 15.1 Å². The van der Waals surface area contributed by atoms with Gasteiger partial charge in [0.15, 0.2) is 5.84 Å². The van der Waals surface area contributed by atoms with Crippen molar-refractivity contribution in [2.45, 2.75) is 0 Å². The van der Waals surface area contributed by atoms with Crippen LogP contribution in [0.25, 0.3) is 0 Å². The lowest BCUT2D eigenvalue weighted by atomic mass is 10.6. The van der Waals surface area contributed by atoms with Crippen LogP contribution in [0.1, 0.15) is 0 Å². The highest BCUT2D eigenvalue weighted by atomic mass is 15.5. The molecule has 2 aliphatic rings. The summed E-state index contributed by atoms with van der Waals surface area (Å²) >= 11 is 0. The summed E-state index contributed by atoms with van der Waals surface area (Å²) in [5.41, 5.74) is 0. The summed E-state index contributed by atoms with van der Waals surface area (Å²) in [5, 5.41) is 5.81. The first-order valence-electron chi connectivity index (χ1n) is 2.84. The van der Waals surface area contributed by atoms with Crippen LogP contribution in [0.15, 0.2) is 15.1 Å². The normalized spacial score (nSPS) is 22.2. The molecule has 4 nitrogen and oxygen atoms in total. The van der Waals surface area contributed by atoms with E-state index in [9.17, 15) is 0 Å². The van der Waals surface area contributed by atoms with Gasteiger partial charge < -0.3 is 0 Å². The molecule has 0 aromatic heterocycles. The molecule has 2 aliphatic heterocycles. The van der Waals surface area contributed by atoms with Crippen molar-refractivity contribution in [2.24, 2.45) is 15.1 Å². The number of aliphatic imine (C=N–C) groups is 2. The second-order valence-corrected chi connectivity index (χ2v) is 1.87. The molecule has 4 heteroatoms. The summed E-state index contributed by atoms with van der Waals surface area (Å²) in [4.78, 5) is 7.97. The highest BCUT2D eigenvalue weighted by Gasteiger charge is 2.14. The first-order chi connectivity index (χ1) is 4.47. The SMILES string of the molecule is C1=NC=NN2CCN=C12. The molecule has 0 unspecified atom stereocenters. The molecule has 0 saturated carbocycles. The molecule has 0 bridgehead atoms. The maximum absolute atomic E-state index is 4.14. The van der Waals surface area contributed by atoms with E-state index in [0.29, 0.717) is 0 Å². The van der Waals surface area contributed by atoms with Gasteiger partial charge in [-0.05, 0) is 0 Å². The minimum absolute atomic E-state index is 0.846. The second kappa shape index (κ2) is 1.65. The first-order valence-corrected chi connectivity index (χ1v) is 2.84. The Hall–Kier alpha value is -1.19. The number of hydrogen-bond donors (Lipinski definition) is 0. The van der Waals surface area contributed by atoms with Gasteiger partial charge in [0.05, 0.1) is 19.3 Å². The molecule has 0 N–H and O–H groups in total. The third-order valence-electron chi connectivity index (χ3n) is 1.30. The van der Waals surface area contributed by atoms with Crippen LogP contribution < -0.4 is 0 Å². The van der Waals surface area contributed by atoms with Crippen LogP contribution in [0.2, 0.25) is 0 Å². The van der Waals surface area contributed by atoms with E-state index < -0.39 is 0 Å². The Bertz CT molecular complexity index is 200. The van der Waals surface area contributed by atoms with Gasteiger partial charge in [-0.15, -0.1) is 0 Å². The van der Waals surface area contributed by atoms with Crippen molar-refractivity contribution < 1.29 is 0 Å². The molecule has 0 aromatic carbocycles.